The molecule has 1 unspecified atom stereocenters. The van der Waals surface area contributed by atoms with Gasteiger partial charge in [-0.3, -0.25) is 9.59 Å². The molecule has 1 atom stereocenters. The van der Waals surface area contributed by atoms with E-state index in [9.17, 15) is 9.59 Å². The Balaban J connectivity index is 1.40. The van der Waals surface area contributed by atoms with Gasteiger partial charge in [-0.1, -0.05) is 61.4 Å². The minimum atomic E-state index is -0.368. The first kappa shape index (κ1) is 18.1. The number of benzene rings is 1. The first-order chi connectivity index (χ1) is 13.1. The average Bonchev–Trinajstić information content (AvgIpc) is 3.38. The van der Waals surface area contributed by atoms with Crippen LogP contribution in [0.25, 0.3) is 10.6 Å². The molecule has 2 aromatic rings. The lowest BCUT2D eigenvalue weighted by Gasteiger charge is -2.37. The molecule has 1 aromatic carbocycles. The second-order valence-electron chi connectivity index (χ2n) is 7.40. The zero-order valence-electron chi connectivity index (χ0n) is 15.5. The van der Waals surface area contributed by atoms with E-state index >= 15 is 0 Å². The molecule has 0 bridgehead atoms. The number of piperazine rings is 1. The molecule has 142 valence electrons. The van der Waals surface area contributed by atoms with Gasteiger partial charge in [-0.2, -0.15) is 0 Å². The van der Waals surface area contributed by atoms with E-state index in [1.54, 1.807) is 21.1 Å². The van der Waals surface area contributed by atoms with E-state index in [4.69, 9.17) is 0 Å². The highest BCUT2D eigenvalue weighted by Crippen LogP contribution is 2.29. The second kappa shape index (κ2) is 7.76. The summed E-state index contributed by atoms with van der Waals surface area (Å²) in [7, 11) is 0. The number of carbonyl (C=O) groups excluding carboxylic acids is 2. The largest absolute Gasteiger partial charge is 0.332 e. The summed E-state index contributed by atoms with van der Waals surface area (Å²) in [5.74, 6) is -0.648. The smallest absolute Gasteiger partial charge is 0.312 e. The molecule has 1 aromatic heterocycles. The fourth-order valence-electron chi connectivity index (χ4n) is 3.97. The summed E-state index contributed by atoms with van der Waals surface area (Å²) in [6, 6.07) is 10.2. The third kappa shape index (κ3) is 3.74. The minimum absolute atomic E-state index is 0.0507. The normalized spacial score (nSPS) is 19.7. The zero-order chi connectivity index (χ0) is 18.8. The van der Waals surface area contributed by atoms with Crippen LogP contribution >= 0.6 is 11.3 Å². The quantitative estimate of drug-likeness (QED) is 0.744. The van der Waals surface area contributed by atoms with Crippen molar-refractivity contribution in [2.45, 2.75) is 44.6 Å². The molecule has 2 aliphatic rings. The molecule has 0 N–H and O–H groups in total. The van der Waals surface area contributed by atoms with Crippen LogP contribution in [0.1, 0.15) is 43.5 Å². The number of hydrogen-bond donors (Lipinski definition) is 0. The highest BCUT2D eigenvalue weighted by atomic mass is 32.1. The first-order valence-electron chi connectivity index (χ1n) is 9.62. The van der Waals surface area contributed by atoms with E-state index in [2.05, 4.69) is 10.2 Å². The van der Waals surface area contributed by atoms with Crippen LogP contribution in [0.15, 0.2) is 30.3 Å². The molecule has 2 heterocycles. The van der Waals surface area contributed by atoms with E-state index < -0.39 is 0 Å². The highest BCUT2D eigenvalue weighted by molar-refractivity contribution is 7.14. The number of rotatable bonds is 5. The van der Waals surface area contributed by atoms with Gasteiger partial charge in [0.1, 0.15) is 10.0 Å². The lowest BCUT2D eigenvalue weighted by atomic mass is 10.1. The minimum Gasteiger partial charge on any atom is -0.332 e. The Labute approximate surface area is 163 Å². The Kier molecular flexibility index (Phi) is 5.20. The van der Waals surface area contributed by atoms with Crippen molar-refractivity contribution in [1.29, 1.82) is 0 Å². The van der Waals surface area contributed by atoms with Gasteiger partial charge in [-0.15, -0.1) is 10.2 Å². The molecule has 27 heavy (non-hydrogen) atoms. The molecule has 2 amide bonds. The van der Waals surface area contributed by atoms with Gasteiger partial charge < -0.3 is 9.80 Å². The van der Waals surface area contributed by atoms with Crippen LogP contribution in [-0.2, 0) is 9.59 Å². The second-order valence-corrected chi connectivity index (χ2v) is 8.41. The molecule has 1 saturated carbocycles. The van der Waals surface area contributed by atoms with Crippen LogP contribution in [0.4, 0.5) is 0 Å². The summed E-state index contributed by atoms with van der Waals surface area (Å²) in [5, 5.41) is 10.4. The molecule has 1 saturated heterocycles. The molecule has 7 heteroatoms. The maximum atomic E-state index is 12.6. The Morgan fingerprint density at radius 2 is 1.81 bits per heavy atom. The Bertz CT molecular complexity index is 816. The number of nitrogens with zero attached hydrogens (tertiary/aromatic N) is 4. The summed E-state index contributed by atoms with van der Waals surface area (Å²) >= 11 is 1.55. The fraction of sp³-hybridized carbons (Fsp3) is 0.500. The van der Waals surface area contributed by atoms with Gasteiger partial charge in [0.15, 0.2) is 0 Å². The standard InChI is InChI=1S/C20H24N4O2S/c1-14(17-21-22-18(27-17)15-7-3-2-4-8-15)13-23-11-12-24(20(26)19(23)25)16-9-5-6-10-16/h2-4,7-8,14,16H,5-6,9-13H2,1H3. The lowest BCUT2D eigenvalue weighted by Crippen LogP contribution is -2.57. The van der Waals surface area contributed by atoms with Crippen molar-refractivity contribution in [1.82, 2.24) is 20.0 Å². The third-order valence-electron chi connectivity index (χ3n) is 5.48. The van der Waals surface area contributed by atoms with Crippen LogP contribution in [0, 0.1) is 0 Å². The molecule has 6 nitrogen and oxygen atoms in total. The van der Waals surface area contributed by atoms with E-state index in [-0.39, 0.29) is 23.8 Å². The molecular weight excluding hydrogens is 360 g/mol. The van der Waals surface area contributed by atoms with Crippen molar-refractivity contribution in [3.05, 3.63) is 35.3 Å². The van der Waals surface area contributed by atoms with Crippen molar-refractivity contribution < 1.29 is 9.59 Å². The van der Waals surface area contributed by atoms with Crippen molar-refractivity contribution in [3.8, 4) is 10.6 Å². The van der Waals surface area contributed by atoms with Gasteiger partial charge in [-0.05, 0) is 12.8 Å². The van der Waals surface area contributed by atoms with Crippen LogP contribution in [0.2, 0.25) is 0 Å². The van der Waals surface area contributed by atoms with Crippen molar-refractivity contribution in [2.75, 3.05) is 19.6 Å². The Morgan fingerprint density at radius 1 is 1.07 bits per heavy atom. The van der Waals surface area contributed by atoms with Crippen LogP contribution in [-0.4, -0.2) is 57.5 Å². The molecule has 1 aliphatic heterocycles. The maximum Gasteiger partial charge on any atom is 0.312 e. The lowest BCUT2D eigenvalue weighted by molar-refractivity contribution is -0.157. The molecule has 2 fully saturated rings. The highest BCUT2D eigenvalue weighted by Gasteiger charge is 2.37. The molecule has 1 aliphatic carbocycles. The summed E-state index contributed by atoms with van der Waals surface area (Å²) in [5.41, 5.74) is 1.05. The monoisotopic (exact) mass is 384 g/mol. The summed E-state index contributed by atoms with van der Waals surface area (Å²) in [6.07, 6.45) is 4.37. The SMILES string of the molecule is CC(CN1CCN(C2CCCC2)C(=O)C1=O)c1nnc(-c2ccccc2)s1. The van der Waals surface area contributed by atoms with Gasteiger partial charge in [0.25, 0.3) is 0 Å². The molecule has 0 spiro atoms. The number of carbonyl (C=O) groups is 2. The van der Waals surface area contributed by atoms with Gasteiger partial charge in [-0.25, -0.2) is 0 Å². The summed E-state index contributed by atoms with van der Waals surface area (Å²) < 4.78 is 0. The van der Waals surface area contributed by atoms with Crippen LogP contribution in [0.5, 0.6) is 0 Å². The molecule has 0 radical (unpaired) electrons. The zero-order valence-corrected chi connectivity index (χ0v) is 16.3. The van der Waals surface area contributed by atoms with E-state index in [1.807, 2.05) is 37.3 Å². The molecular formula is C20H24N4O2S. The van der Waals surface area contributed by atoms with E-state index in [0.717, 1.165) is 41.3 Å². The van der Waals surface area contributed by atoms with Gasteiger partial charge in [0.2, 0.25) is 0 Å². The third-order valence-corrected chi connectivity index (χ3v) is 6.69. The topological polar surface area (TPSA) is 66.4 Å². The molecule has 4 rings (SSSR count). The van der Waals surface area contributed by atoms with Crippen LogP contribution in [0.3, 0.4) is 0 Å². The van der Waals surface area contributed by atoms with Gasteiger partial charge in [0.05, 0.1) is 0 Å². The van der Waals surface area contributed by atoms with Crippen LogP contribution < -0.4 is 0 Å². The fourth-order valence-corrected chi connectivity index (χ4v) is 4.86. The number of amides is 2. The Morgan fingerprint density at radius 3 is 2.56 bits per heavy atom. The van der Waals surface area contributed by atoms with Crippen molar-refractivity contribution in [2.24, 2.45) is 0 Å². The van der Waals surface area contributed by atoms with Gasteiger partial charge in [0, 0.05) is 37.2 Å². The maximum absolute atomic E-state index is 12.6. The van der Waals surface area contributed by atoms with Crippen molar-refractivity contribution >= 4 is 23.2 Å². The van der Waals surface area contributed by atoms with Crippen molar-refractivity contribution in [3.63, 3.8) is 0 Å². The predicted molar refractivity (Wildman–Crippen MR) is 104 cm³/mol. The summed E-state index contributed by atoms with van der Waals surface area (Å²) in [6.45, 7) is 3.80. The number of hydrogen-bond acceptors (Lipinski definition) is 5. The summed E-state index contributed by atoms with van der Waals surface area (Å²) in [4.78, 5) is 28.6. The van der Waals surface area contributed by atoms with E-state index in [1.165, 1.54) is 0 Å². The average molecular weight is 385 g/mol. The Hall–Kier alpha value is -2.28. The van der Waals surface area contributed by atoms with Gasteiger partial charge >= 0.3 is 11.8 Å². The predicted octanol–water partition coefficient (Wildman–Crippen LogP) is 2.92. The van der Waals surface area contributed by atoms with E-state index in [0.29, 0.717) is 19.6 Å². The first-order valence-corrected chi connectivity index (χ1v) is 10.4. The number of aromatic nitrogens is 2.